The number of aromatic nitrogens is 4. The molecule has 1 aromatic carbocycles. The van der Waals surface area contributed by atoms with Crippen molar-refractivity contribution >= 4 is 0 Å². The normalized spacial score (nSPS) is 10.4. The first-order valence-electron chi connectivity index (χ1n) is 5.43. The lowest BCUT2D eigenvalue weighted by Gasteiger charge is -2.06. The minimum atomic E-state index is 0.571. The van der Waals surface area contributed by atoms with E-state index >= 15 is 0 Å². The van der Waals surface area contributed by atoms with Gasteiger partial charge in [0.1, 0.15) is 11.5 Å². The first kappa shape index (κ1) is 12.3. The molecule has 0 aliphatic carbocycles. The van der Waals surface area contributed by atoms with Crippen LogP contribution in [0.25, 0.3) is 5.69 Å². The zero-order valence-corrected chi connectivity index (χ0v) is 10.5. The van der Waals surface area contributed by atoms with E-state index in [9.17, 15) is 0 Å². The predicted octanol–water partition coefficient (Wildman–Crippen LogP) is 0.399. The Hall–Kier alpha value is -2.15. The van der Waals surface area contributed by atoms with Crippen molar-refractivity contribution in [3.63, 3.8) is 0 Å². The van der Waals surface area contributed by atoms with Crippen LogP contribution in [0, 0.1) is 0 Å². The number of methoxy groups -OCH3 is 2. The lowest BCUT2D eigenvalue weighted by atomic mass is 10.3. The zero-order chi connectivity index (χ0) is 13.0. The topological polar surface area (TPSA) is 74.1 Å². The molecule has 0 spiro atoms. The van der Waals surface area contributed by atoms with Crippen LogP contribution in [0.4, 0.5) is 0 Å². The third kappa shape index (κ3) is 2.57. The Labute approximate surface area is 105 Å². The van der Waals surface area contributed by atoms with E-state index in [-0.39, 0.29) is 0 Å². The van der Waals surface area contributed by atoms with Gasteiger partial charge in [0.15, 0.2) is 5.82 Å². The van der Waals surface area contributed by atoms with Gasteiger partial charge >= 0.3 is 0 Å². The minimum Gasteiger partial charge on any atom is -0.497 e. The van der Waals surface area contributed by atoms with Gasteiger partial charge < -0.3 is 14.8 Å². The van der Waals surface area contributed by atoms with Crippen LogP contribution >= 0.6 is 0 Å². The quantitative estimate of drug-likeness (QED) is 0.826. The fourth-order valence-corrected chi connectivity index (χ4v) is 1.49. The van der Waals surface area contributed by atoms with E-state index in [1.54, 1.807) is 20.3 Å². The Kier molecular flexibility index (Phi) is 3.73. The van der Waals surface area contributed by atoms with Gasteiger partial charge in [0, 0.05) is 18.2 Å². The van der Waals surface area contributed by atoms with Crippen molar-refractivity contribution in [1.29, 1.82) is 0 Å². The highest BCUT2D eigenvalue weighted by Gasteiger charge is 2.07. The van der Waals surface area contributed by atoms with Crippen molar-refractivity contribution in [1.82, 2.24) is 25.5 Å². The molecule has 0 fully saturated rings. The molecular weight excluding hydrogens is 234 g/mol. The second kappa shape index (κ2) is 5.46. The summed E-state index contributed by atoms with van der Waals surface area (Å²) in [4.78, 5) is 1.44. The van der Waals surface area contributed by atoms with Crippen molar-refractivity contribution < 1.29 is 9.47 Å². The molecule has 7 nitrogen and oxygen atoms in total. The summed E-state index contributed by atoms with van der Waals surface area (Å²) in [5.41, 5.74) is 0.737. The van der Waals surface area contributed by atoms with E-state index in [1.165, 1.54) is 4.80 Å². The van der Waals surface area contributed by atoms with Crippen molar-refractivity contribution in [2.45, 2.75) is 6.54 Å². The van der Waals surface area contributed by atoms with Gasteiger partial charge in [-0.1, -0.05) is 0 Å². The molecule has 2 rings (SSSR count). The maximum absolute atomic E-state index is 5.19. The van der Waals surface area contributed by atoms with Crippen LogP contribution in [-0.4, -0.2) is 41.5 Å². The molecule has 0 atom stereocenters. The van der Waals surface area contributed by atoms with E-state index in [0.717, 1.165) is 5.69 Å². The Morgan fingerprint density at radius 3 is 2.39 bits per heavy atom. The maximum atomic E-state index is 5.19. The molecule has 0 bridgehead atoms. The highest BCUT2D eigenvalue weighted by Crippen LogP contribution is 2.23. The Morgan fingerprint density at radius 2 is 1.83 bits per heavy atom. The summed E-state index contributed by atoms with van der Waals surface area (Å²) in [5.74, 6) is 1.98. The molecular formula is C11H15N5O2. The Balaban J connectivity index is 2.35. The molecule has 0 radical (unpaired) electrons. The molecule has 2 aromatic rings. The fraction of sp³-hybridized carbons (Fsp3) is 0.364. The molecule has 0 saturated carbocycles. The van der Waals surface area contributed by atoms with Crippen molar-refractivity contribution in [2.24, 2.45) is 0 Å². The van der Waals surface area contributed by atoms with Gasteiger partial charge in [0.2, 0.25) is 0 Å². The highest BCUT2D eigenvalue weighted by molar-refractivity contribution is 5.45. The van der Waals surface area contributed by atoms with E-state index in [2.05, 4.69) is 20.7 Å². The number of rotatable bonds is 5. The summed E-state index contributed by atoms with van der Waals surface area (Å²) < 4.78 is 10.4. The molecule has 18 heavy (non-hydrogen) atoms. The van der Waals surface area contributed by atoms with Crippen LogP contribution in [0.1, 0.15) is 5.82 Å². The molecule has 1 heterocycles. The second-order valence-corrected chi connectivity index (χ2v) is 3.60. The number of nitrogens with zero attached hydrogens (tertiary/aromatic N) is 4. The molecule has 0 amide bonds. The van der Waals surface area contributed by atoms with Crippen LogP contribution in [0.15, 0.2) is 18.2 Å². The number of ether oxygens (including phenoxy) is 2. The van der Waals surface area contributed by atoms with Gasteiger partial charge in [-0.15, -0.1) is 15.0 Å². The Bertz CT molecular complexity index is 504. The van der Waals surface area contributed by atoms with Crippen LogP contribution in [-0.2, 0) is 6.54 Å². The third-order valence-electron chi connectivity index (χ3n) is 2.36. The number of hydrogen-bond acceptors (Lipinski definition) is 6. The van der Waals surface area contributed by atoms with Gasteiger partial charge in [-0.05, 0) is 12.3 Å². The molecule has 0 aliphatic rings. The van der Waals surface area contributed by atoms with Crippen LogP contribution in [0.5, 0.6) is 11.5 Å². The van der Waals surface area contributed by atoms with Gasteiger partial charge in [0.25, 0.3) is 0 Å². The number of hydrogen-bond donors (Lipinski definition) is 1. The average molecular weight is 249 g/mol. The maximum Gasteiger partial charge on any atom is 0.188 e. The van der Waals surface area contributed by atoms with Crippen LogP contribution < -0.4 is 14.8 Å². The zero-order valence-electron chi connectivity index (χ0n) is 10.5. The molecule has 0 saturated heterocycles. The summed E-state index contributed by atoms with van der Waals surface area (Å²) in [6.45, 7) is 0.571. The lowest BCUT2D eigenvalue weighted by Crippen LogP contribution is -2.07. The van der Waals surface area contributed by atoms with E-state index in [4.69, 9.17) is 9.47 Å². The smallest absolute Gasteiger partial charge is 0.188 e. The summed E-state index contributed by atoms with van der Waals surface area (Å²) in [5, 5.41) is 15.1. The molecule has 96 valence electrons. The number of tetrazole rings is 1. The Morgan fingerprint density at radius 1 is 1.17 bits per heavy atom. The lowest BCUT2D eigenvalue weighted by molar-refractivity contribution is 0.393. The van der Waals surface area contributed by atoms with E-state index in [1.807, 2.05) is 19.2 Å². The molecule has 0 aliphatic heterocycles. The van der Waals surface area contributed by atoms with E-state index < -0.39 is 0 Å². The van der Waals surface area contributed by atoms with Gasteiger partial charge in [-0.25, -0.2) is 0 Å². The summed E-state index contributed by atoms with van der Waals surface area (Å²) in [6, 6.07) is 5.41. The first-order valence-corrected chi connectivity index (χ1v) is 5.43. The van der Waals surface area contributed by atoms with E-state index in [0.29, 0.717) is 23.9 Å². The third-order valence-corrected chi connectivity index (χ3v) is 2.36. The minimum absolute atomic E-state index is 0.571. The molecule has 1 aromatic heterocycles. The summed E-state index contributed by atoms with van der Waals surface area (Å²) in [7, 11) is 5.02. The fourth-order valence-electron chi connectivity index (χ4n) is 1.49. The van der Waals surface area contributed by atoms with Crippen molar-refractivity contribution in [3.05, 3.63) is 24.0 Å². The van der Waals surface area contributed by atoms with Gasteiger partial charge in [0.05, 0.1) is 26.5 Å². The molecule has 1 N–H and O–H groups in total. The van der Waals surface area contributed by atoms with Crippen molar-refractivity contribution in [2.75, 3.05) is 21.3 Å². The standard InChI is InChI=1S/C11H15N5O2/c1-12-7-11-13-15-16(14-11)8-4-9(17-2)6-10(5-8)18-3/h4-6,12H,7H2,1-3H3. The van der Waals surface area contributed by atoms with Gasteiger partial charge in [-0.2, -0.15) is 0 Å². The summed E-state index contributed by atoms with van der Waals surface area (Å²) in [6.07, 6.45) is 0. The van der Waals surface area contributed by atoms with Crippen molar-refractivity contribution in [3.8, 4) is 17.2 Å². The van der Waals surface area contributed by atoms with Gasteiger partial charge in [-0.3, -0.25) is 0 Å². The SMILES string of the molecule is CNCc1nnn(-c2cc(OC)cc(OC)c2)n1. The predicted molar refractivity (Wildman–Crippen MR) is 65.0 cm³/mol. The molecule has 7 heteroatoms. The van der Waals surface area contributed by atoms with Crippen LogP contribution in [0.3, 0.4) is 0 Å². The largest absolute Gasteiger partial charge is 0.497 e. The second-order valence-electron chi connectivity index (χ2n) is 3.60. The first-order chi connectivity index (χ1) is 8.76. The highest BCUT2D eigenvalue weighted by atomic mass is 16.5. The number of benzene rings is 1. The van der Waals surface area contributed by atoms with Crippen LogP contribution in [0.2, 0.25) is 0 Å². The number of nitrogens with one attached hydrogen (secondary N) is 1. The molecule has 0 unspecified atom stereocenters. The monoisotopic (exact) mass is 249 g/mol. The summed E-state index contributed by atoms with van der Waals surface area (Å²) >= 11 is 0. The average Bonchev–Trinajstić information content (AvgIpc) is 2.87.